The number of hydrogen-bond acceptors (Lipinski definition) is 2. The van der Waals surface area contributed by atoms with E-state index in [0.29, 0.717) is 6.42 Å². The van der Waals surface area contributed by atoms with Gasteiger partial charge in [0, 0.05) is 13.0 Å². The molecule has 2 nitrogen and oxygen atoms in total. The monoisotopic (exact) mass is 166 g/mol. The molecule has 0 atom stereocenters. The summed E-state index contributed by atoms with van der Waals surface area (Å²) >= 11 is 0. The van der Waals surface area contributed by atoms with E-state index in [1.807, 2.05) is 6.21 Å². The first kappa shape index (κ1) is 11.2. The van der Waals surface area contributed by atoms with Gasteiger partial charge < -0.3 is 0 Å². The van der Waals surface area contributed by atoms with Gasteiger partial charge in [-0.2, -0.15) is 5.26 Å². The van der Waals surface area contributed by atoms with Crippen molar-refractivity contribution in [3.63, 3.8) is 0 Å². The van der Waals surface area contributed by atoms with Crippen molar-refractivity contribution < 1.29 is 0 Å². The number of rotatable bonds is 7. The van der Waals surface area contributed by atoms with Crippen LogP contribution in [0.25, 0.3) is 0 Å². The van der Waals surface area contributed by atoms with Gasteiger partial charge in [-0.05, 0) is 19.1 Å². The molecule has 0 bridgehead atoms. The van der Waals surface area contributed by atoms with E-state index in [1.54, 1.807) is 0 Å². The predicted octanol–water partition coefficient (Wildman–Crippen LogP) is 2.94. The second-order valence-corrected chi connectivity index (χ2v) is 2.85. The van der Waals surface area contributed by atoms with E-state index >= 15 is 0 Å². The maximum Gasteiger partial charge on any atom is 0.0625 e. The van der Waals surface area contributed by atoms with Crippen molar-refractivity contribution in [2.45, 2.75) is 45.4 Å². The molecule has 0 aromatic heterocycles. The molecule has 0 amide bonds. The standard InChI is InChI=1S/C10H18N2/c1-2-3-4-6-9-12-10-7-5-8-11/h10H,2-7,9H2,1H3. The molecule has 0 aliphatic carbocycles. The lowest BCUT2D eigenvalue weighted by Crippen LogP contribution is -1.83. The number of unbranched alkanes of at least 4 members (excludes halogenated alkanes) is 4. The first-order valence-electron chi connectivity index (χ1n) is 4.77. The Kier molecular flexibility index (Phi) is 9.45. The summed E-state index contributed by atoms with van der Waals surface area (Å²) in [5, 5.41) is 8.23. The van der Waals surface area contributed by atoms with Crippen LogP contribution in [0.4, 0.5) is 0 Å². The predicted molar refractivity (Wildman–Crippen MR) is 52.3 cm³/mol. The van der Waals surface area contributed by atoms with Gasteiger partial charge in [-0.1, -0.05) is 26.2 Å². The summed E-state index contributed by atoms with van der Waals surface area (Å²) in [6.45, 7) is 3.14. The van der Waals surface area contributed by atoms with Crippen LogP contribution in [0.2, 0.25) is 0 Å². The van der Waals surface area contributed by atoms with E-state index in [4.69, 9.17) is 5.26 Å². The molecule has 0 saturated heterocycles. The fourth-order valence-corrected chi connectivity index (χ4v) is 0.942. The minimum Gasteiger partial charge on any atom is -0.297 e. The Morgan fingerprint density at radius 2 is 2.17 bits per heavy atom. The average molecular weight is 166 g/mol. The van der Waals surface area contributed by atoms with Crippen molar-refractivity contribution in [1.82, 2.24) is 0 Å². The maximum atomic E-state index is 8.23. The smallest absolute Gasteiger partial charge is 0.0625 e. The molecule has 0 N–H and O–H groups in total. The zero-order valence-electron chi connectivity index (χ0n) is 7.92. The van der Waals surface area contributed by atoms with E-state index < -0.39 is 0 Å². The van der Waals surface area contributed by atoms with Crippen LogP contribution >= 0.6 is 0 Å². The molecule has 12 heavy (non-hydrogen) atoms. The molecule has 68 valence electrons. The Labute approximate surface area is 75.3 Å². The van der Waals surface area contributed by atoms with Gasteiger partial charge in [-0.15, -0.1) is 0 Å². The highest BCUT2D eigenvalue weighted by atomic mass is 14.7. The Morgan fingerprint density at radius 1 is 1.33 bits per heavy atom. The summed E-state index contributed by atoms with van der Waals surface area (Å²) in [6, 6.07) is 2.09. The van der Waals surface area contributed by atoms with Gasteiger partial charge in [0.25, 0.3) is 0 Å². The summed E-state index contributed by atoms with van der Waals surface area (Å²) in [6.07, 6.45) is 8.34. The highest BCUT2D eigenvalue weighted by molar-refractivity contribution is 5.57. The molecule has 0 spiro atoms. The van der Waals surface area contributed by atoms with Crippen LogP contribution in [-0.4, -0.2) is 12.8 Å². The van der Waals surface area contributed by atoms with Gasteiger partial charge in [0.2, 0.25) is 0 Å². The van der Waals surface area contributed by atoms with E-state index in [-0.39, 0.29) is 0 Å². The fourth-order valence-electron chi connectivity index (χ4n) is 0.942. The number of aliphatic imine (C=N–C) groups is 1. The van der Waals surface area contributed by atoms with Crippen LogP contribution in [0.1, 0.15) is 45.4 Å². The van der Waals surface area contributed by atoms with Crippen molar-refractivity contribution in [2.75, 3.05) is 6.54 Å². The van der Waals surface area contributed by atoms with Gasteiger partial charge in [-0.25, -0.2) is 0 Å². The summed E-state index contributed by atoms with van der Waals surface area (Å²) in [4.78, 5) is 4.20. The maximum absolute atomic E-state index is 8.23. The first-order chi connectivity index (χ1) is 5.91. The van der Waals surface area contributed by atoms with Crippen LogP contribution < -0.4 is 0 Å². The minimum atomic E-state index is 0.596. The Hall–Kier alpha value is -0.840. The zero-order valence-corrected chi connectivity index (χ0v) is 7.92. The highest BCUT2D eigenvalue weighted by Crippen LogP contribution is 1.98. The fraction of sp³-hybridized carbons (Fsp3) is 0.800. The Bertz CT molecular complexity index is 144. The van der Waals surface area contributed by atoms with Crippen LogP contribution in [0.15, 0.2) is 4.99 Å². The highest BCUT2D eigenvalue weighted by Gasteiger charge is 1.84. The van der Waals surface area contributed by atoms with Crippen molar-refractivity contribution in [3.8, 4) is 6.07 Å². The van der Waals surface area contributed by atoms with Crippen LogP contribution in [0, 0.1) is 11.3 Å². The molecule has 2 heteroatoms. The van der Waals surface area contributed by atoms with E-state index in [2.05, 4.69) is 18.0 Å². The molecular weight excluding hydrogens is 148 g/mol. The van der Waals surface area contributed by atoms with Crippen molar-refractivity contribution in [3.05, 3.63) is 0 Å². The third-order valence-electron chi connectivity index (χ3n) is 1.66. The molecular formula is C10H18N2. The molecule has 0 aliphatic rings. The van der Waals surface area contributed by atoms with Crippen molar-refractivity contribution in [2.24, 2.45) is 4.99 Å². The van der Waals surface area contributed by atoms with Crippen molar-refractivity contribution in [1.29, 1.82) is 5.26 Å². The Balaban J connectivity index is 2.98. The summed E-state index contributed by atoms with van der Waals surface area (Å²) in [5.74, 6) is 0. The number of nitrogens with zero attached hydrogens (tertiary/aromatic N) is 2. The second-order valence-electron chi connectivity index (χ2n) is 2.85. The SMILES string of the molecule is CCCCCCN=CCCC#N. The second kappa shape index (κ2) is 10.2. The first-order valence-corrected chi connectivity index (χ1v) is 4.77. The molecule has 0 heterocycles. The molecule has 0 aromatic rings. The molecule has 0 rings (SSSR count). The topological polar surface area (TPSA) is 36.1 Å². The molecule has 0 fully saturated rings. The lowest BCUT2D eigenvalue weighted by molar-refractivity contribution is 0.675. The minimum absolute atomic E-state index is 0.596. The normalized spacial score (nSPS) is 10.3. The third-order valence-corrected chi connectivity index (χ3v) is 1.66. The number of hydrogen-bond donors (Lipinski definition) is 0. The summed E-state index contributed by atoms with van der Waals surface area (Å²) < 4.78 is 0. The molecule has 0 aliphatic heterocycles. The van der Waals surface area contributed by atoms with E-state index in [9.17, 15) is 0 Å². The average Bonchev–Trinajstić information content (AvgIpc) is 2.10. The van der Waals surface area contributed by atoms with Crippen LogP contribution in [0.5, 0.6) is 0 Å². The van der Waals surface area contributed by atoms with Crippen LogP contribution in [0.3, 0.4) is 0 Å². The van der Waals surface area contributed by atoms with Gasteiger partial charge >= 0.3 is 0 Å². The largest absolute Gasteiger partial charge is 0.297 e. The van der Waals surface area contributed by atoms with Gasteiger partial charge in [0.15, 0.2) is 0 Å². The summed E-state index contributed by atoms with van der Waals surface area (Å²) in [7, 11) is 0. The quantitative estimate of drug-likeness (QED) is 0.423. The molecule has 0 saturated carbocycles. The zero-order chi connectivity index (χ0) is 9.07. The van der Waals surface area contributed by atoms with Crippen molar-refractivity contribution >= 4 is 6.21 Å². The van der Waals surface area contributed by atoms with E-state index in [0.717, 1.165) is 13.0 Å². The van der Waals surface area contributed by atoms with Gasteiger partial charge in [0.05, 0.1) is 6.07 Å². The lowest BCUT2D eigenvalue weighted by atomic mass is 10.2. The molecule has 0 unspecified atom stereocenters. The lowest BCUT2D eigenvalue weighted by Gasteiger charge is -1.93. The summed E-state index contributed by atoms with van der Waals surface area (Å²) in [5.41, 5.74) is 0. The van der Waals surface area contributed by atoms with Gasteiger partial charge in [0.1, 0.15) is 0 Å². The van der Waals surface area contributed by atoms with Crippen LogP contribution in [-0.2, 0) is 0 Å². The van der Waals surface area contributed by atoms with E-state index in [1.165, 1.54) is 25.7 Å². The third kappa shape index (κ3) is 9.16. The molecule has 0 radical (unpaired) electrons. The Morgan fingerprint density at radius 3 is 2.83 bits per heavy atom. The van der Waals surface area contributed by atoms with Gasteiger partial charge in [-0.3, -0.25) is 4.99 Å². The number of nitriles is 1. The molecule has 0 aromatic carbocycles.